The van der Waals surface area contributed by atoms with Crippen LogP contribution in [-0.2, 0) is 14.8 Å². The Balaban J connectivity index is 0.00000208. The zero-order valence-electron chi connectivity index (χ0n) is 14.0. The molecule has 0 amide bonds. The summed E-state index contributed by atoms with van der Waals surface area (Å²) in [6.07, 6.45) is 1.81. The molecule has 1 atom stereocenters. The molecule has 0 aliphatic carbocycles. The summed E-state index contributed by atoms with van der Waals surface area (Å²) < 4.78 is 37.8. The van der Waals surface area contributed by atoms with E-state index in [0.29, 0.717) is 13.1 Å². The summed E-state index contributed by atoms with van der Waals surface area (Å²) >= 11 is 0. The quantitative estimate of drug-likeness (QED) is 0.801. The normalized spacial score (nSPS) is 24.3. The summed E-state index contributed by atoms with van der Waals surface area (Å²) in [5.41, 5.74) is 0.0288. The van der Waals surface area contributed by atoms with Crippen LogP contribution in [-0.4, -0.2) is 52.0 Å². The molecule has 7 nitrogen and oxygen atoms in total. The van der Waals surface area contributed by atoms with E-state index < -0.39 is 16.0 Å². The molecule has 1 aromatic heterocycles. The molecule has 0 radical (unpaired) electrons. The average Bonchev–Trinajstić information content (AvgIpc) is 3.20. The Morgan fingerprint density at radius 2 is 2.00 bits per heavy atom. The van der Waals surface area contributed by atoms with Crippen molar-refractivity contribution >= 4 is 28.4 Å². The van der Waals surface area contributed by atoms with E-state index >= 15 is 0 Å². The highest BCUT2D eigenvalue weighted by molar-refractivity contribution is 7.89. The number of nitrogens with zero attached hydrogens (tertiary/aromatic N) is 1. The molecule has 136 valence electrons. The van der Waals surface area contributed by atoms with Crippen LogP contribution in [0, 0.1) is 19.3 Å². The Morgan fingerprint density at radius 3 is 2.58 bits per heavy atom. The van der Waals surface area contributed by atoms with Crippen molar-refractivity contribution in [3.8, 4) is 0 Å². The number of halogens is 1. The first-order chi connectivity index (χ1) is 10.8. The van der Waals surface area contributed by atoms with Crippen LogP contribution in [0.4, 0.5) is 0 Å². The summed E-state index contributed by atoms with van der Waals surface area (Å²) in [5.74, 6) is -0.188. The van der Waals surface area contributed by atoms with Crippen molar-refractivity contribution in [3.63, 3.8) is 0 Å². The zero-order chi connectivity index (χ0) is 16.8. The number of hydrogen-bond acceptors (Lipinski definition) is 6. The minimum atomic E-state index is -3.79. The second kappa shape index (κ2) is 6.67. The highest BCUT2D eigenvalue weighted by Gasteiger charge is 2.46. The van der Waals surface area contributed by atoms with Crippen LogP contribution in [0.1, 0.15) is 34.7 Å². The predicted molar refractivity (Wildman–Crippen MR) is 90.1 cm³/mol. The molecule has 0 saturated carbocycles. The van der Waals surface area contributed by atoms with Crippen molar-refractivity contribution < 1.29 is 22.4 Å². The average molecular weight is 379 g/mol. The third kappa shape index (κ3) is 2.96. The molecule has 1 N–H and O–H groups in total. The summed E-state index contributed by atoms with van der Waals surface area (Å²) in [6.45, 7) is 5.85. The van der Waals surface area contributed by atoms with Crippen molar-refractivity contribution in [2.45, 2.75) is 31.6 Å². The van der Waals surface area contributed by atoms with Crippen molar-refractivity contribution in [2.75, 3.05) is 33.3 Å². The van der Waals surface area contributed by atoms with Crippen molar-refractivity contribution in [3.05, 3.63) is 17.1 Å². The second-order valence-electron chi connectivity index (χ2n) is 6.43. The van der Waals surface area contributed by atoms with Gasteiger partial charge in [-0.1, -0.05) is 0 Å². The van der Waals surface area contributed by atoms with Crippen LogP contribution >= 0.6 is 12.4 Å². The Bertz CT molecular complexity index is 737. The number of esters is 1. The van der Waals surface area contributed by atoms with Gasteiger partial charge in [0.15, 0.2) is 0 Å². The third-order valence-electron chi connectivity index (χ3n) is 4.93. The van der Waals surface area contributed by atoms with Crippen LogP contribution in [0.5, 0.6) is 0 Å². The van der Waals surface area contributed by atoms with Crippen LogP contribution in [0.25, 0.3) is 0 Å². The fourth-order valence-corrected chi connectivity index (χ4v) is 5.61. The van der Waals surface area contributed by atoms with Gasteiger partial charge in [-0.15, -0.1) is 12.4 Å². The summed E-state index contributed by atoms with van der Waals surface area (Å²) in [7, 11) is -2.56. The van der Waals surface area contributed by atoms with E-state index in [4.69, 9.17) is 9.15 Å². The summed E-state index contributed by atoms with van der Waals surface area (Å²) in [6, 6.07) is 0. The van der Waals surface area contributed by atoms with Gasteiger partial charge >= 0.3 is 5.97 Å². The van der Waals surface area contributed by atoms with Gasteiger partial charge in [0.1, 0.15) is 22.0 Å². The lowest BCUT2D eigenvalue weighted by atomic mass is 9.87. The van der Waals surface area contributed by atoms with Crippen LogP contribution in [0.3, 0.4) is 0 Å². The standard InChI is InChI=1S/C15H22N2O5S.ClH/c1-10-12(14(18)21-3)13(11(2)22-10)23(19,20)17-7-5-15(9-17)4-6-16-8-15;/h16H,4-9H2,1-3H3;1H. The SMILES string of the molecule is COC(=O)c1c(C)oc(C)c1S(=O)(=O)N1CCC2(CCNC2)C1.Cl. The number of carbonyl (C=O) groups excluding carboxylic acids is 1. The smallest absolute Gasteiger partial charge is 0.342 e. The maximum absolute atomic E-state index is 13.1. The van der Waals surface area contributed by atoms with E-state index in [1.54, 1.807) is 13.8 Å². The van der Waals surface area contributed by atoms with Gasteiger partial charge in [0, 0.05) is 19.6 Å². The Hall–Kier alpha value is -1.09. The first kappa shape index (κ1) is 19.2. The maximum atomic E-state index is 13.1. The molecule has 1 spiro atoms. The molecular weight excluding hydrogens is 356 g/mol. The zero-order valence-corrected chi connectivity index (χ0v) is 15.7. The van der Waals surface area contributed by atoms with Crippen molar-refractivity contribution in [1.29, 1.82) is 0 Å². The molecule has 9 heteroatoms. The molecule has 1 unspecified atom stereocenters. The molecule has 2 fully saturated rings. The Labute approximate surface area is 148 Å². The molecular formula is C15H23ClN2O5S. The number of hydrogen-bond donors (Lipinski definition) is 1. The van der Waals surface area contributed by atoms with E-state index in [9.17, 15) is 13.2 Å². The lowest BCUT2D eigenvalue weighted by Gasteiger charge is -2.22. The van der Waals surface area contributed by atoms with Gasteiger partial charge in [0.2, 0.25) is 10.0 Å². The van der Waals surface area contributed by atoms with E-state index in [2.05, 4.69) is 5.32 Å². The van der Waals surface area contributed by atoms with Gasteiger partial charge in [0.05, 0.1) is 7.11 Å². The van der Waals surface area contributed by atoms with Gasteiger partial charge in [-0.3, -0.25) is 0 Å². The molecule has 2 saturated heterocycles. The lowest BCUT2D eigenvalue weighted by Crippen LogP contribution is -2.34. The minimum Gasteiger partial charge on any atom is -0.465 e. The molecule has 2 aliphatic rings. The first-order valence-electron chi connectivity index (χ1n) is 7.70. The Kier molecular flexibility index (Phi) is 5.34. The van der Waals surface area contributed by atoms with Crippen LogP contribution < -0.4 is 5.32 Å². The first-order valence-corrected chi connectivity index (χ1v) is 9.14. The monoisotopic (exact) mass is 378 g/mol. The highest BCUT2D eigenvalue weighted by atomic mass is 35.5. The largest absolute Gasteiger partial charge is 0.465 e. The van der Waals surface area contributed by atoms with Gasteiger partial charge in [0.25, 0.3) is 0 Å². The summed E-state index contributed by atoms with van der Waals surface area (Å²) in [4.78, 5) is 12.0. The number of carbonyl (C=O) groups is 1. The highest BCUT2D eigenvalue weighted by Crippen LogP contribution is 2.40. The topological polar surface area (TPSA) is 88.8 Å². The molecule has 2 aliphatic heterocycles. The van der Waals surface area contributed by atoms with Gasteiger partial charge in [-0.2, -0.15) is 4.31 Å². The third-order valence-corrected chi connectivity index (χ3v) is 6.93. The molecule has 0 bridgehead atoms. The number of sulfonamides is 1. The number of aryl methyl sites for hydroxylation is 2. The van der Waals surface area contributed by atoms with Crippen LogP contribution in [0.15, 0.2) is 9.31 Å². The van der Waals surface area contributed by atoms with Gasteiger partial charge in [-0.05, 0) is 38.6 Å². The number of ether oxygens (including phenoxy) is 1. The number of rotatable bonds is 3. The summed E-state index contributed by atoms with van der Waals surface area (Å²) in [5, 5.41) is 3.31. The Morgan fingerprint density at radius 1 is 1.29 bits per heavy atom. The van der Waals surface area contributed by atoms with Crippen molar-refractivity contribution in [2.24, 2.45) is 5.41 Å². The van der Waals surface area contributed by atoms with Crippen LogP contribution in [0.2, 0.25) is 0 Å². The second-order valence-corrected chi connectivity index (χ2v) is 8.30. The fourth-order valence-electron chi connectivity index (χ4n) is 3.68. The lowest BCUT2D eigenvalue weighted by molar-refractivity contribution is 0.0594. The van der Waals surface area contributed by atoms with E-state index in [1.807, 2.05) is 0 Å². The minimum absolute atomic E-state index is 0. The van der Waals surface area contributed by atoms with Gasteiger partial charge in [-0.25, -0.2) is 13.2 Å². The van der Waals surface area contributed by atoms with E-state index in [1.165, 1.54) is 11.4 Å². The van der Waals surface area contributed by atoms with E-state index in [-0.39, 0.29) is 39.8 Å². The molecule has 24 heavy (non-hydrogen) atoms. The molecule has 3 heterocycles. The number of nitrogens with one attached hydrogen (secondary N) is 1. The predicted octanol–water partition coefficient (Wildman–Crippen LogP) is 1.48. The maximum Gasteiger partial charge on any atom is 0.342 e. The molecule has 3 rings (SSSR count). The van der Waals surface area contributed by atoms with E-state index in [0.717, 1.165) is 25.9 Å². The fraction of sp³-hybridized carbons (Fsp3) is 0.667. The number of furan rings is 1. The molecule has 1 aromatic rings. The van der Waals surface area contributed by atoms with Crippen molar-refractivity contribution in [1.82, 2.24) is 9.62 Å². The number of methoxy groups -OCH3 is 1. The van der Waals surface area contributed by atoms with Gasteiger partial charge < -0.3 is 14.5 Å². The molecule has 0 aromatic carbocycles.